The molecule has 2 aliphatic heterocycles. The van der Waals surface area contributed by atoms with Crippen molar-refractivity contribution in [2.24, 2.45) is 0 Å². The van der Waals surface area contributed by atoms with Crippen LogP contribution in [0.15, 0.2) is 53.1 Å². The normalized spacial score (nSPS) is 23.0. The van der Waals surface area contributed by atoms with Gasteiger partial charge in [0.1, 0.15) is 11.8 Å². The maximum Gasteiger partial charge on any atom is 0.238 e. The highest BCUT2D eigenvalue weighted by Gasteiger charge is 2.33. The second kappa shape index (κ2) is 9.21. The Kier molecular flexibility index (Phi) is 6.24. The monoisotopic (exact) mass is 397 g/mol. The molecule has 2 amide bonds. The van der Waals surface area contributed by atoms with Crippen LogP contribution in [0, 0.1) is 0 Å². The Hall–Kier alpha value is -2.68. The molecular formula is C21H27N5O3. The molecule has 1 aromatic heterocycles. The van der Waals surface area contributed by atoms with Crippen molar-refractivity contribution in [3.8, 4) is 0 Å². The Morgan fingerprint density at radius 1 is 1.07 bits per heavy atom. The lowest BCUT2D eigenvalue weighted by Gasteiger charge is -2.32. The number of furan rings is 1. The summed E-state index contributed by atoms with van der Waals surface area (Å²) >= 11 is 0. The van der Waals surface area contributed by atoms with Gasteiger partial charge < -0.3 is 15.1 Å². The third-order valence-corrected chi connectivity index (χ3v) is 5.47. The molecule has 3 heterocycles. The molecule has 2 saturated heterocycles. The van der Waals surface area contributed by atoms with Crippen molar-refractivity contribution in [1.29, 1.82) is 0 Å². The first-order valence-electron chi connectivity index (χ1n) is 10.1. The van der Waals surface area contributed by atoms with Gasteiger partial charge in [-0.05, 0) is 43.5 Å². The Balaban J connectivity index is 1.17. The summed E-state index contributed by atoms with van der Waals surface area (Å²) in [5, 5.41) is 6.05. The number of anilines is 1. The average molecular weight is 397 g/mol. The van der Waals surface area contributed by atoms with E-state index in [1.807, 2.05) is 42.5 Å². The zero-order valence-electron chi connectivity index (χ0n) is 16.3. The van der Waals surface area contributed by atoms with E-state index in [9.17, 15) is 9.59 Å². The molecular weight excluding hydrogens is 370 g/mol. The molecule has 0 radical (unpaired) electrons. The lowest BCUT2D eigenvalue weighted by molar-refractivity contribution is -0.124. The number of hydrogen-bond donors (Lipinski definition) is 4. The number of piperidine rings is 1. The molecule has 0 bridgehead atoms. The van der Waals surface area contributed by atoms with Gasteiger partial charge in [-0.25, -0.2) is 10.9 Å². The minimum absolute atomic E-state index is 0.00530. The van der Waals surface area contributed by atoms with Crippen LogP contribution in [0.2, 0.25) is 0 Å². The summed E-state index contributed by atoms with van der Waals surface area (Å²) in [6, 6.07) is 13.1. The fourth-order valence-electron chi connectivity index (χ4n) is 3.87. The largest absolute Gasteiger partial charge is 0.468 e. The highest BCUT2D eigenvalue weighted by atomic mass is 16.3. The number of hydrazine groups is 1. The Morgan fingerprint density at radius 3 is 2.59 bits per heavy atom. The van der Waals surface area contributed by atoms with Crippen LogP contribution in [-0.4, -0.2) is 48.4 Å². The van der Waals surface area contributed by atoms with Gasteiger partial charge in [0.2, 0.25) is 11.8 Å². The highest BCUT2D eigenvalue weighted by molar-refractivity contribution is 5.92. The highest BCUT2D eigenvalue weighted by Crippen LogP contribution is 2.22. The smallest absolute Gasteiger partial charge is 0.238 e. The van der Waals surface area contributed by atoms with E-state index >= 15 is 0 Å². The molecule has 8 heteroatoms. The van der Waals surface area contributed by atoms with Crippen LogP contribution in [0.1, 0.15) is 31.1 Å². The Morgan fingerprint density at radius 2 is 1.86 bits per heavy atom. The van der Waals surface area contributed by atoms with E-state index in [4.69, 9.17) is 4.42 Å². The van der Waals surface area contributed by atoms with Crippen molar-refractivity contribution in [3.05, 3.63) is 54.5 Å². The number of carbonyl (C=O) groups excluding carboxylic acids is 2. The standard InChI is InChI=1S/C21H27N5O3/c27-20(22-15-5-2-1-3-6-15)14-26-10-8-16(9-11-26)23-21(28)18-13-17(24-25-18)19-7-4-12-29-19/h1-7,12,16-18,24-25H,8-11,13-14H2,(H,22,27)(H,23,28). The first-order valence-corrected chi connectivity index (χ1v) is 10.1. The summed E-state index contributed by atoms with van der Waals surface area (Å²) in [6.45, 7) is 1.95. The molecule has 0 spiro atoms. The molecule has 2 atom stereocenters. The molecule has 2 aromatic rings. The van der Waals surface area contributed by atoms with E-state index in [2.05, 4.69) is 26.4 Å². The van der Waals surface area contributed by atoms with Gasteiger partial charge in [0.15, 0.2) is 0 Å². The fraction of sp³-hybridized carbons (Fsp3) is 0.429. The van der Waals surface area contributed by atoms with Crippen LogP contribution >= 0.6 is 0 Å². The Bertz CT molecular complexity index is 803. The third kappa shape index (κ3) is 5.23. The van der Waals surface area contributed by atoms with E-state index in [1.165, 1.54) is 0 Å². The molecule has 2 fully saturated rings. The maximum absolute atomic E-state index is 12.6. The molecule has 29 heavy (non-hydrogen) atoms. The van der Waals surface area contributed by atoms with E-state index < -0.39 is 0 Å². The van der Waals surface area contributed by atoms with E-state index in [0.29, 0.717) is 13.0 Å². The summed E-state index contributed by atoms with van der Waals surface area (Å²) in [5.41, 5.74) is 6.99. The van der Waals surface area contributed by atoms with Crippen molar-refractivity contribution >= 4 is 17.5 Å². The SMILES string of the molecule is O=C(CN1CCC(NC(=O)C2CC(c3ccco3)NN2)CC1)Nc1ccccc1. The number of benzene rings is 1. The van der Waals surface area contributed by atoms with Crippen molar-refractivity contribution < 1.29 is 14.0 Å². The number of nitrogens with zero attached hydrogens (tertiary/aromatic N) is 1. The van der Waals surface area contributed by atoms with Crippen LogP contribution < -0.4 is 21.5 Å². The predicted molar refractivity (Wildman–Crippen MR) is 109 cm³/mol. The van der Waals surface area contributed by atoms with Gasteiger partial charge in [-0.15, -0.1) is 0 Å². The van der Waals surface area contributed by atoms with Gasteiger partial charge in [0.05, 0.1) is 18.8 Å². The zero-order valence-corrected chi connectivity index (χ0v) is 16.3. The van der Waals surface area contributed by atoms with Crippen LogP contribution in [0.25, 0.3) is 0 Å². The van der Waals surface area contributed by atoms with E-state index in [-0.39, 0.29) is 29.9 Å². The van der Waals surface area contributed by atoms with Gasteiger partial charge in [-0.3, -0.25) is 14.5 Å². The molecule has 2 unspecified atom stereocenters. The van der Waals surface area contributed by atoms with Crippen LogP contribution in [-0.2, 0) is 9.59 Å². The molecule has 4 N–H and O–H groups in total. The zero-order chi connectivity index (χ0) is 20.1. The first-order chi connectivity index (χ1) is 14.2. The molecule has 2 aliphatic rings. The van der Waals surface area contributed by atoms with E-state index in [1.54, 1.807) is 6.26 Å². The maximum atomic E-state index is 12.6. The molecule has 1 aromatic carbocycles. The van der Waals surface area contributed by atoms with Crippen molar-refractivity contribution in [2.45, 2.75) is 37.4 Å². The molecule has 4 rings (SSSR count). The number of nitrogens with one attached hydrogen (secondary N) is 4. The van der Waals surface area contributed by atoms with Gasteiger partial charge in [-0.2, -0.15) is 0 Å². The first kappa shape index (κ1) is 19.6. The van der Waals surface area contributed by atoms with Gasteiger partial charge >= 0.3 is 0 Å². The topological polar surface area (TPSA) is 98.6 Å². The molecule has 0 saturated carbocycles. The van der Waals surface area contributed by atoms with Crippen LogP contribution in [0.3, 0.4) is 0 Å². The summed E-state index contributed by atoms with van der Waals surface area (Å²) in [4.78, 5) is 26.9. The number of likely N-dealkylation sites (tertiary alicyclic amines) is 1. The summed E-state index contributed by atoms with van der Waals surface area (Å²) in [6.07, 6.45) is 3.97. The minimum Gasteiger partial charge on any atom is -0.468 e. The quantitative estimate of drug-likeness (QED) is 0.588. The van der Waals surface area contributed by atoms with Gasteiger partial charge in [0.25, 0.3) is 0 Å². The van der Waals surface area contributed by atoms with Crippen LogP contribution in [0.4, 0.5) is 5.69 Å². The van der Waals surface area contributed by atoms with E-state index in [0.717, 1.165) is 37.4 Å². The minimum atomic E-state index is -0.278. The van der Waals surface area contributed by atoms with Crippen molar-refractivity contribution in [3.63, 3.8) is 0 Å². The lowest BCUT2D eigenvalue weighted by atomic mass is 10.0. The summed E-state index contributed by atoms with van der Waals surface area (Å²) in [5.74, 6) is 0.825. The summed E-state index contributed by atoms with van der Waals surface area (Å²) < 4.78 is 5.40. The van der Waals surface area contributed by atoms with Crippen molar-refractivity contribution in [2.75, 3.05) is 25.0 Å². The Labute approximate surface area is 170 Å². The predicted octanol–water partition coefficient (Wildman–Crippen LogP) is 1.41. The number of rotatable bonds is 6. The molecule has 154 valence electrons. The number of hydrogen-bond acceptors (Lipinski definition) is 6. The van der Waals surface area contributed by atoms with Crippen LogP contribution in [0.5, 0.6) is 0 Å². The lowest BCUT2D eigenvalue weighted by Crippen LogP contribution is -2.51. The summed E-state index contributed by atoms with van der Waals surface area (Å²) in [7, 11) is 0. The van der Waals surface area contributed by atoms with Gasteiger partial charge in [0, 0.05) is 24.8 Å². The molecule has 8 nitrogen and oxygen atoms in total. The fourth-order valence-corrected chi connectivity index (χ4v) is 3.87. The van der Waals surface area contributed by atoms with Gasteiger partial charge in [-0.1, -0.05) is 18.2 Å². The van der Waals surface area contributed by atoms with Crippen molar-refractivity contribution in [1.82, 2.24) is 21.1 Å². The number of amides is 2. The number of carbonyl (C=O) groups is 2. The molecule has 0 aliphatic carbocycles. The second-order valence-corrected chi connectivity index (χ2v) is 7.62. The third-order valence-electron chi connectivity index (χ3n) is 5.47. The average Bonchev–Trinajstić information content (AvgIpc) is 3.42. The second-order valence-electron chi connectivity index (χ2n) is 7.62. The number of para-hydroxylation sites is 1.